The Labute approximate surface area is 230 Å². The molecule has 1 aliphatic rings. The molecule has 0 aromatic heterocycles. The van der Waals surface area contributed by atoms with E-state index in [1.807, 2.05) is 19.1 Å². The number of hydrogen-bond donors (Lipinski definition) is 0. The fourth-order valence-corrected chi connectivity index (χ4v) is 6.04. The van der Waals surface area contributed by atoms with Gasteiger partial charge in [0.25, 0.3) is 15.9 Å². The van der Waals surface area contributed by atoms with Gasteiger partial charge in [0.2, 0.25) is 0 Å². The van der Waals surface area contributed by atoms with Crippen molar-refractivity contribution in [3.05, 3.63) is 71.2 Å². The SMILES string of the molecule is C=CCN1C(=O)/C(=C/c2ccc(OCCCCCCC)c(OC)c2)S/C1=N/S(=O)(=O)c1ccc(CC)cc1. The number of amides is 1. The molecule has 9 heteroatoms. The molecule has 1 saturated heterocycles. The summed E-state index contributed by atoms with van der Waals surface area (Å²) in [6, 6.07) is 12.1. The van der Waals surface area contributed by atoms with Gasteiger partial charge in [0.15, 0.2) is 16.7 Å². The van der Waals surface area contributed by atoms with Crippen LogP contribution in [0, 0.1) is 0 Å². The van der Waals surface area contributed by atoms with Crippen molar-refractivity contribution in [2.45, 2.75) is 57.3 Å². The van der Waals surface area contributed by atoms with Crippen LogP contribution >= 0.6 is 11.8 Å². The Balaban J connectivity index is 1.80. The molecule has 204 valence electrons. The molecule has 0 unspecified atom stereocenters. The maximum absolute atomic E-state index is 13.1. The van der Waals surface area contributed by atoms with Crippen molar-refractivity contribution in [1.82, 2.24) is 4.90 Å². The van der Waals surface area contributed by atoms with Crippen LogP contribution in [0.1, 0.15) is 57.1 Å². The molecule has 0 saturated carbocycles. The second kappa shape index (κ2) is 14.2. The van der Waals surface area contributed by atoms with Crippen molar-refractivity contribution >= 4 is 38.9 Å². The first-order valence-corrected chi connectivity index (χ1v) is 15.2. The van der Waals surface area contributed by atoms with Crippen molar-refractivity contribution in [1.29, 1.82) is 0 Å². The predicted octanol–water partition coefficient (Wildman–Crippen LogP) is 6.45. The quantitative estimate of drug-likeness (QED) is 0.151. The minimum absolute atomic E-state index is 0.0805. The summed E-state index contributed by atoms with van der Waals surface area (Å²) < 4.78 is 41.4. The number of aryl methyl sites for hydroxylation is 1. The normalized spacial score (nSPS) is 15.9. The molecular formula is C29H36N2O5S2. The summed E-state index contributed by atoms with van der Waals surface area (Å²) in [5.41, 5.74) is 1.75. The molecule has 0 bridgehead atoms. The van der Waals surface area contributed by atoms with Crippen LogP contribution in [-0.4, -0.2) is 44.7 Å². The van der Waals surface area contributed by atoms with E-state index in [-0.39, 0.29) is 22.5 Å². The van der Waals surface area contributed by atoms with Crippen molar-refractivity contribution in [2.75, 3.05) is 20.3 Å². The van der Waals surface area contributed by atoms with Gasteiger partial charge in [-0.15, -0.1) is 11.0 Å². The van der Waals surface area contributed by atoms with E-state index in [0.29, 0.717) is 23.0 Å². The Kier molecular flexibility index (Phi) is 11.0. The summed E-state index contributed by atoms with van der Waals surface area (Å²) in [6.07, 6.45) is 9.79. The van der Waals surface area contributed by atoms with E-state index >= 15 is 0 Å². The standard InChI is InChI=1S/C29H36N2O5S2/c1-5-8-9-10-11-19-36-25-17-14-23(20-26(25)35-4)21-27-28(32)31(18-6-2)29(37-27)30-38(33,34)24-15-12-22(7-3)13-16-24/h6,12-17,20-21H,2,5,7-11,18-19H2,1,3-4H3/b27-21-,30-29+. The van der Waals surface area contributed by atoms with E-state index in [1.54, 1.807) is 31.4 Å². The van der Waals surface area contributed by atoms with Gasteiger partial charge >= 0.3 is 0 Å². The van der Waals surface area contributed by atoms with Gasteiger partial charge in [-0.25, -0.2) is 0 Å². The summed E-state index contributed by atoms with van der Waals surface area (Å²) in [7, 11) is -2.42. The Bertz CT molecular complexity index is 1280. The smallest absolute Gasteiger partial charge is 0.284 e. The molecule has 0 aliphatic carbocycles. The molecule has 2 aromatic rings. The number of carbonyl (C=O) groups is 1. The number of ether oxygens (including phenoxy) is 2. The first-order valence-electron chi connectivity index (χ1n) is 12.9. The lowest BCUT2D eigenvalue weighted by Crippen LogP contribution is -2.29. The number of methoxy groups -OCH3 is 1. The molecule has 2 aromatic carbocycles. The van der Waals surface area contributed by atoms with Crippen LogP contribution in [0.3, 0.4) is 0 Å². The highest BCUT2D eigenvalue weighted by molar-refractivity contribution is 8.19. The van der Waals surface area contributed by atoms with E-state index in [0.717, 1.165) is 42.2 Å². The van der Waals surface area contributed by atoms with Crippen molar-refractivity contribution < 1.29 is 22.7 Å². The van der Waals surface area contributed by atoms with Crippen molar-refractivity contribution in [3.63, 3.8) is 0 Å². The van der Waals surface area contributed by atoms with Gasteiger partial charge < -0.3 is 9.47 Å². The highest BCUT2D eigenvalue weighted by atomic mass is 32.2. The van der Waals surface area contributed by atoms with Gasteiger partial charge in [-0.1, -0.05) is 63.8 Å². The van der Waals surface area contributed by atoms with Gasteiger partial charge in [0.1, 0.15) is 0 Å². The fraction of sp³-hybridized carbons (Fsp3) is 0.379. The monoisotopic (exact) mass is 556 g/mol. The number of carbonyl (C=O) groups excluding carboxylic acids is 1. The van der Waals surface area contributed by atoms with Crippen LogP contribution in [0.15, 0.2) is 69.3 Å². The molecule has 1 heterocycles. The molecule has 3 rings (SSSR count). The molecular weight excluding hydrogens is 520 g/mol. The van der Waals surface area contributed by atoms with E-state index in [2.05, 4.69) is 17.9 Å². The highest BCUT2D eigenvalue weighted by Gasteiger charge is 2.34. The third-order valence-corrected chi connectivity index (χ3v) is 8.42. The van der Waals surface area contributed by atoms with Gasteiger partial charge in [0, 0.05) is 6.54 Å². The number of benzene rings is 2. The van der Waals surface area contributed by atoms with Crippen LogP contribution in [0.25, 0.3) is 6.08 Å². The van der Waals surface area contributed by atoms with Crippen LogP contribution in [-0.2, 0) is 21.2 Å². The zero-order chi connectivity index (χ0) is 27.5. The third-order valence-electron chi connectivity index (χ3n) is 6.02. The number of unbranched alkanes of at least 4 members (excludes halogenated alkanes) is 4. The highest BCUT2D eigenvalue weighted by Crippen LogP contribution is 2.35. The average molecular weight is 557 g/mol. The number of amidine groups is 1. The van der Waals surface area contributed by atoms with Crippen LogP contribution in [0.2, 0.25) is 0 Å². The topological polar surface area (TPSA) is 85.3 Å². The lowest BCUT2D eigenvalue weighted by atomic mass is 10.1. The van der Waals surface area contributed by atoms with Crippen LogP contribution < -0.4 is 9.47 Å². The van der Waals surface area contributed by atoms with E-state index in [1.165, 1.54) is 42.4 Å². The zero-order valence-electron chi connectivity index (χ0n) is 22.3. The Morgan fingerprint density at radius 1 is 1.03 bits per heavy atom. The molecule has 1 fully saturated rings. The molecule has 0 N–H and O–H groups in total. The Morgan fingerprint density at radius 2 is 1.76 bits per heavy atom. The first-order chi connectivity index (χ1) is 18.3. The molecule has 7 nitrogen and oxygen atoms in total. The van der Waals surface area contributed by atoms with Crippen molar-refractivity contribution in [3.8, 4) is 11.5 Å². The number of hydrogen-bond acceptors (Lipinski definition) is 6. The maximum atomic E-state index is 13.1. The summed E-state index contributed by atoms with van der Waals surface area (Å²) in [5.74, 6) is 0.876. The second-order valence-electron chi connectivity index (χ2n) is 8.83. The summed E-state index contributed by atoms with van der Waals surface area (Å²) >= 11 is 1.02. The number of nitrogens with zero attached hydrogens (tertiary/aromatic N) is 2. The number of rotatable bonds is 14. The molecule has 0 radical (unpaired) electrons. The lowest BCUT2D eigenvalue weighted by molar-refractivity contribution is -0.121. The van der Waals surface area contributed by atoms with Crippen molar-refractivity contribution in [2.24, 2.45) is 4.40 Å². The number of thioether (sulfide) groups is 1. The fourth-order valence-electron chi connectivity index (χ4n) is 3.85. The molecule has 0 atom stereocenters. The molecule has 1 aliphatic heterocycles. The minimum Gasteiger partial charge on any atom is -0.493 e. The summed E-state index contributed by atoms with van der Waals surface area (Å²) in [6.45, 7) is 8.63. The van der Waals surface area contributed by atoms with Gasteiger partial charge in [-0.05, 0) is 66.1 Å². The molecule has 0 spiro atoms. The van der Waals surface area contributed by atoms with E-state index in [9.17, 15) is 13.2 Å². The predicted molar refractivity (Wildman–Crippen MR) is 155 cm³/mol. The Hall–Kier alpha value is -3.04. The summed E-state index contributed by atoms with van der Waals surface area (Å²) in [4.78, 5) is 14.9. The third kappa shape index (κ3) is 7.74. The van der Waals surface area contributed by atoms with Gasteiger partial charge in [-0.2, -0.15) is 8.42 Å². The van der Waals surface area contributed by atoms with Crippen LogP contribution in [0.5, 0.6) is 11.5 Å². The lowest BCUT2D eigenvalue weighted by Gasteiger charge is -2.12. The van der Waals surface area contributed by atoms with E-state index in [4.69, 9.17) is 9.47 Å². The minimum atomic E-state index is -4.00. The number of sulfonamides is 1. The largest absolute Gasteiger partial charge is 0.493 e. The second-order valence-corrected chi connectivity index (χ2v) is 11.4. The molecule has 38 heavy (non-hydrogen) atoms. The average Bonchev–Trinajstić information content (AvgIpc) is 3.19. The first kappa shape index (κ1) is 29.5. The Morgan fingerprint density at radius 3 is 2.42 bits per heavy atom. The summed E-state index contributed by atoms with van der Waals surface area (Å²) in [5, 5.41) is 0.0932. The van der Waals surface area contributed by atoms with E-state index < -0.39 is 10.0 Å². The maximum Gasteiger partial charge on any atom is 0.284 e. The zero-order valence-corrected chi connectivity index (χ0v) is 23.9. The van der Waals surface area contributed by atoms with Gasteiger partial charge in [-0.3, -0.25) is 9.69 Å². The molecule has 1 amide bonds. The van der Waals surface area contributed by atoms with Gasteiger partial charge in [0.05, 0.1) is 23.5 Å². The van der Waals surface area contributed by atoms with Crippen LogP contribution in [0.4, 0.5) is 0 Å².